The molecule has 2 aliphatic rings. The van der Waals surface area contributed by atoms with Crippen molar-refractivity contribution in [2.75, 3.05) is 18.9 Å². The van der Waals surface area contributed by atoms with Crippen molar-refractivity contribution in [2.45, 2.75) is 61.2 Å². The molecule has 2 aliphatic heterocycles. The first-order valence-electron chi connectivity index (χ1n) is 10.4. The number of anilines is 1. The zero-order valence-corrected chi connectivity index (χ0v) is 19.3. The Balaban J connectivity index is 1.73. The summed E-state index contributed by atoms with van der Waals surface area (Å²) in [5.41, 5.74) is 9.76. The minimum atomic E-state index is -5.38. The highest BCUT2D eigenvalue weighted by Crippen LogP contribution is 2.51. The number of nitrogen functional groups attached to an aromatic ring is 1. The monoisotopic (exact) mass is 542 g/mol. The van der Waals surface area contributed by atoms with E-state index in [1.807, 2.05) is 0 Å². The molecule has 11 N–H and O–H groups in total. The molecule has 1 aromatic rings. The zero-order chi connectivity index (χ0) is 27.0. The molecule has 204 valence electrons. The largest absolute Gasteiger partial charge is 0.477 e. The predicted octanol–water partition coefficient (Wildman–Crippen LogP) is -4.81. The number of phosphoric acid groups is 1. The first-order chi connectivity index (χ1) is 16.7. The molecule has 0 aromatic carbocycles. The molecule has 0 amide bonds. The fraction of sp³-hybridized carbons (Fsp3) is 0.706. The van der Waals surface area contributed by atoms with Gasteiger partial charge in [-0.25, -0.2) is 18.7 Å². The van der Waals surface area contributed by atoms with E-state index in [1.165, 1.54) is 6.07 Å². The summed E-state index contributed by atoms with van der Waals surface area (Å²) in [4.78, 5) is 37.5. The van der Waals surface area contributed by atoms with E-state index in [2.05, 4.69) is 4.98 Å². The number of aliphatic carboxylic acids is 1. The first kappa shape index (κ1) is 28.5. The standard InChI is InChI=1S/C17H27N4O14P/c18-4-7(23)13-10(24)6(22)3-17(34-13,15(27)28)35-36(30,31)32-5-8-11(25)12(26)14(33-8)21-2-1-9(19)20-16(21)29/h1-2,6-8,10-14,22-26H,3-5,18H2,(H,27,28)(H,30,31)(H2,19,20,29). The Morgan fingerprint density at radius 1 is 1.31 bits per heavy atom. The van der Waals surface area contributed by atoms with Crippen LogP contribution in [0.2, 0.25) is 0 Å². The lowest BCUT2D eigenvalue weighted by Gasteiger charge is -2.43. The average molecular weight is 542 g/mol. The van der Waals surface area contributed by atoms with Crippen LogP contribution in [0.25, 0.3) is 0 Å². The Bertz CT molecular complexity index is 1060. The molecule has 0 aliphatic carbocycles. The Labute approximate surface area is 201 Å². The van der Waals surface area contributed by atoms with Crippen LogP contribution in [-0.4, -0.2) is 113 Å². The number of aliphatic hydroxyl groups is 5. The minimum Gasteiger partial charge on any atom is -0.477 e. The minimum absolute atomic E-state index is 0.112. The van der Waals surface area contributed by atoms with E-state index in [4.69, 9.17) is 30.0 Å². The van der Waals surface area contributed by atoms with Crippen molar-refractivity contribution in [3.63, 3.8) is 0 Å². The molecule has 3 heterocycles. The number of ether oxygens (including phenoxy) is 2. The van der Waals surface area contributed by atoms with Crippen LogP contribution < -0.4 is 17.2 Å². The quantitative estimate of drug-likeness (QED) is 0.132. The first-order valence-corrected chi connectivity index (χ1v) is 11.9. The Morgan fingerprint density at radius 2 is 1.97 bits per heavy atom. The van der Waals surface area contributed by atoms with Crippen LogP contribution in [0, 0.1) is 0 Å². The number of hydrogen-bond donors (Lipinski definition) is 9. The maximum atomic E-state index is 12.6. The van der Waals surface area contributed by atoms with Gasteiger partial charge in [-0.2, -0.15) is 4.98 Å². The lowest BCUT2D eigenvalue weighted by molar-refractivity contribution is -0.300. The van der Waals surface area contributed by atoms with Gasteiger partial charge in [-0.3, -0.25) is 9.09 Å². The Hall–Kier alpha value is -2.06. The van der Waals surface area contributed by atoms with Gasteiger partial charge < -0.3 is 56.5 Å². The van der Waals surface area contributed by atoms with Gasteiger partial charge in [0, 0.05) is 19.2 Å². The zero-order valence-electron chi connectivity index (χ0n) is 18.4. The Kier molecular flexibility index (Phi) is 8.50. The van der Waals surface area contributed by atoms with E-state index in [-0.39, 0.29) is 5.82 Å². The van der Waals surface area contributed by atoms with Gasteiger partial charge in [0.2, 0.25) is 0 Å². The van der Waals surface area contributed by atoms with Crippen LogP contribution in [-0.2, 0) is 27.9 Å². The topological polar surface area (TPSA) is 300 Å². The van der Waals surface area contributed by atoms with Gasteiger partial charge in [0.15, 0.2) is 6.23 Å². The fourth-order valence-electron chi connectivity index (χ4n) is 3.73. The maximum Gasteiger partial charge on any atom is 0.475 e. The van der Waals surface area contributed by atoms with Crippen molar-refractivity contribution in [1.82, 2.24) is 9.55 Å². The third-order valence-corrected chi connectivity index (χ3v) is 6.61. The van der Waals surface area contributed by atoms with Gasteiger partial charge in [0.1, 0.15) is 36.3 Å². The summed E-state index contributed by atoms with van der Waals surface area (Å²) < 4.78 is 33.2. The molecule has 0 radical (unpaired) electrons. The van der Waals surface area contributed by atoms with E-state index in [9.17, 15) is 49.7 Å². The van der Waals surface area contributed by atoms with E-state index in [1.54, 1.807) is 0 Å². The summed E-state index contributed by atoms with van der Waals surface area (Å²) in [6, 6.07) is 1.22. The van der Waals surface area contributed by atoms with Gasteiger partial charge in [-0.15, -0.1) is 0 Å². The second-order valence-corrected chi connectivity index (χ2v) is 9.53. The van der Waals surface area contributed by atoms with Crippen molar-refractivity contribution in [1.29, 1.82) is 0 Å². The molecule has 0 spiro atoms. The second kappa shape index (κ2) is 10.7. The highest BCUT2D eigenvalue weighted by molar-refractivity contribution is 7.47. The van der Waals surface area contributed by atoms with E-state index >= 15 is 0 Å². The Morgan fingerprint density at radius 3 is 2.56 bits per heavy atom. The van der Waals surface area contributed by atoms with E-state index in [0.717, 1.165) is 10.8 Å². The van der Waals surface area contributed by atoms with Gasteiger partial charge in [0.25, 0.3) is 5.79 Å². The van der Waals surface area contributed by atoms with Crippen LogP contribution in [0.3, 0.4) is 0 Å². The molecule has 10 unspecified atom stereocenters. The highest BCUT2D eigenvalue weighted by Gasteiger charge is 2.57. The van der Waals surface area contributed by atoms with Crippen molar-refractivity contribution < 1.29 is 63.4 Å². The normalized spacial score (nSPS) is 37.4. The number of phosphoric ester groups is 1. The molecule has 18 nitrogen and oxygen atoms in total. The number of carbonyl (C=O) groups is 1. The summed E-state index contributed by atoms with van der Waals surface area (Å²) in [5.74, 6) is -5.16. The molecule has 0 saturated carbocycles. The average Bonchev–Trinajstić information content (AvgIpc) is 3.07. The molecule has 0 bridgehead atoms. The van der Waals surface area contributed by atoms with E-state index < -0.39 is 93.8 Å². The smallest absolute Gasteiger partial charge is 0.475 e. The van der Waals surface area contributed by atoms with Crippen molar-refractivity contribution in [3.8, 4) is 0 Å². The molecule has 36 heavy (non-hydrogen) atoms. The van der Waals surface area contributed by atoms with Gasteiger partial charge in [-0.05, 0) is 6.07 Å². The lowest BCUT2D eigenvalue weighted by atomic mass is 9.92. The van der Waals surface area contributed by atoms with Crippen LogP contribution in [0.4, 0.5) is 5.82 Å². The number of carboxylic acid groups (broad SMARTS) is 1. The van der Waals surface area contributed by atoms with Crippen molar-refractivity contribution in [2.24, 2.45) is 5.73 Å². The molecular formula is C17H27N4O14P. The van der Waals surface area contributed by atoms with Crippen molar-refractivity contribution in [3.05, 3.63) is 22.7 Å². The third kappa shape index (κ3) is 5.75. The number of nitrogens with zero attached hydrogens (tertiary/aromatic N) is 2. The summed E-state index contributed by atoms with van der Waals surface area (Å²) in [6.45, 7) is -1.47. The van der Waals surface area contributed by atoms with E-state index in [0.29, 0.717) is 0 Å². The molecule has 1 aromatic heterocycles. The fourth-order valence-corrected chi connectivity index (χ4v) is 4.68. The molecule has 2 saturated heterocycles. The third-order valence-electron chi connectivity index (χ3n) is 5.61. The van der Waals surface area contributed by atoms with Gasteiger partial charge >= 0.3 is 19.5 Å². The number of carboxylic acids is 1. The number of nitrogens with two attached hydrogens (primary N) is 2. The van der Waals surface area contributed by atoms with Crippen molar-refractivity contribution >= 4 is 19.6 Å². The molecular weight excluding hydrogens is 515 g/mol. The lowest BCUT2D eigenvalue weighted by Crippen LogP contribution is -2.62. The molecule has 3 rings (SSSR count). The number of rotatable bonds is 9. The molecule has 10 atom stereocenters. The highest BCUT2D eigenvalue weighted by atomic mass is 31.2. The second-order valence-electron chi connectivity index (χ2n) is 8.15. The summed E-state index contributed by atoms with van der Waals surface area (Å²) in [6.07, 6.45) is -13.5. The number of hydrogen-bond acceptors (Lipinski definition) is 15. The number of aliphatic hydroxyl groups excluding tert-OH is 5. The molecule has 2 fully saturated rings. The summed E-state index contributed by atoms with van der Waals surface area (Å²) in [7, 11) is -5.38. The maximum absolute atomic E-state index is 12.6. The van der Waals surface area contributed by atoms with Gasteiger partial charge in [-0.1, -0.05) is 0 Å². The van der Waals surface area contributed by atoms with Crippen LogP contribution in [0.1, 0.15) is 12.6 Å². The SMILES string of the molecule is NCC(O)C1OC(OP(=O)(O)OCC2OC(n3ccc(N)nc3=O)C(O)C2O)(C(=O)O)CC(O)C1O. The predicted molar refractivity (Wildman–Crippen MR) is 113 cm³/mol. The van der Waals surface area contributed by atoms with Crippen LogP contribution in [0.5, 0.6) is 0 Å². The molecule has 19 heteroatoms. The van der Waals surface area contributed by atoms with Crippen LogP contribution in [0.15, 0.2) is 17.1 Å². The van der Waals surface area contributed by atoms with Crippen LogP contribution >= 0.6 is 7.82 Å². The number of aromatic nitrogens is 2. The summed E-state index contributed by atoms with van der Waals surface area (Å²) in [5, 5.41) is 60.0. The summed E-state index contributed by atoms with van der Waals surface area (Å²) >= 11 is 0. The van der Waals surface area contributed by atoms with Gasteiger partial charge in [0.05, 0.1) is 18.8 Å².